The second kappa shape index (κ2) is 7.22. The first-order chi connectivity index (χ1) is 10.1. The molecule has 1 unspecified atom stereocenters. The number of nitrogens with zero attached hydrogens (tertiary/aromatic N) is 4. The number of hydrogen-bond acceptors (Lipinski definition) is 3. The highest BCUT2D eigenvalue weighted by Crippen LogP contribution is 2.30. The first kappa shape index (κ1) is 16.2. The third-order valence-electron chi connectivity index (χ3n) is 3.53. The molecule has 116 valence electrons. The number of rotatable bonds is 7. The molecular weight excluding hydrogens is 330 g/mol. The van der Waals surface area contributed by atoms with E-state index >= 15 is 0 Å². The normalized spacial score (nSPS) is 12.8. The number of halogens is 1. The van der Waals surface area contributed by atoms with E-state index in [2.05, 4.69) is 63.1 Å². The van der Waals surface area contributed by atoms with Gasteiger partial charge >= 0.3 is 0 Å². The Labute approximate surface area is 134 Å². The van der Waals surface area contributed by atoms with Gasteiger partial charge in [-0.2, -0.15) is 10.2 Å². The summed E-state index contributed by atoms with van der Waals surface area (Å²) in [6.45, 7) is 8.26. The van der Waals surface area contributed by atoms with Crippen LogP contribution in [0.3, 0.4) is 0 Å². The Morgan fingerprint density at radius 2 is 2.10 bits per heavy atom. The van der Waals surface area contributed by atoms with E-state index in [-0.39, 0.29) is 6.04 Å². The van der Waals surface area contributed by atoms with Crippen LogP contribution in [0, 0.1) is 0 Å². The molecule has 0 aliphatic carbocycles. The summed E-state index contributed by atoms with van der Waals surface area (Å²) in [5.41, 5.74) is 3.56. The molecule has 1 atom stereocenters. The topological polar surface area (TPSA) is 47.7 Å². The maximum atomic E-state index is 4.58. The lowest BCUT2D eigenvalue weighted by molar-refractivity contribution is 0.517. The largest absolute Gasteiger partial charge is 0.305 e. The van der Waals surface area contributed by atoms with Gasteiger partial charge in [-0.1, -0.05) is 20.8 Å². The zero-order valence-corrected chi connectivity index (χ0v) is 14.8. The van der Waals surface area contributed by atoms with Gasteiger partial charge in [0, 0.05) is 25.4 Å². The Morgan fingerprint density at radius 1 is 1.33 bits per heavy atom. The number of aromatic nitrogens is 4. The maximum absolute atomic E-state index is 4.58. The SMILES string of the molecule is CCCn1ncc(Br)c1C(NCC)c1cn(C)nc1CC. The average Bonchev–Trinajstić information content (AvgIpc) is 3.00. The van der Waals surface area contributed by atoms with Crippen LogP contribution < -0.4 is 5.32 Å². The highest BCUT2D eigenvalue weighted by molar-refractivity contribution is 9.10. The second-order valence-corrected chi connectivity index (χ2v) is 6.00. The van der Waals surface area contributed by atoms with Gasteiger partial charge in [-0.3, -0.25) is 9.36 Å². The van der Waals surface area contributed by atoms with Crippen molar-refractivity contribution in [3.05, 3.63) is 33.8 Å². The predicted octanol–water partition coefficient (Wildman–Crippen LogP) is 3.05. The molecule has 0 fully saturated rings. The molecule has 2 heterocycles. The smallest absolute Gasteiger partial charge is 0.0793 e. The molecule has 0 aliphatic heterocycles. The highest BCUT2D eigenvalue weighted by Gasteiger charge is 2.24. The third kappa shape index (κ3) is 3.37. The van der Waals surface area contributed by atoms with Crippen LogP contribution in [-0.4, -0.2) is 26.1 Å². The Bertz CT molecular complexity index is 587. The molecule has 0 bridgehead atoms. The van der Waals surface area contributed by atoms with Gasteiger partial charge in [-0.25, -0.2) is 0 Å². The summed E-state index contributed by atoms with van der Waals surface area (Å²) in [5, 5.41) is 12.7. The minimum absolute atomic E-state index is 0.113. The molecule has 5 nitrogen and oxygen atoms in total. The molecule has 0 aromatic carbocycles. The van der Waals surface area contributed by atoms with Gasteiger partial charge in [0.15, 0.2) is 0 Å². The molecule has 0 aliphatic rings. The van der Waals surface area contributed by atoms with Crippen molar-refractivity contribution in [1.29, 1.82) is 0 Å². The van der Waals surface area contributed by atoms with E-state index in [0.717, 1.165) is 36.1 Å². The molecule has 1 N–H and O–H groups in total. The van der Waals surface area contributed by atoms with Crippen molar-refractivity contribution in [1.82, 2.24) is 24.9 Å². The van der Waals surface area contributed by atoms with Gasteiger partial charge in [-0.15, -0.1) is 0 Å². The predicted molar refractivity (Wildman–Crippen MR) is 88.3 cm³/mol. The van der Waals surface area contributed by atoms with Crippen LogP contribution in [0.25, 0.3) is 0 Å². The molecule has 0 spiro atoms. The van der Waals surface area contributed by atoms with E-state index in [1.54, 1.807) is 0 Å². The maximum Gasteiger partial charge on any atom is 0.0793 e. The van der Waals surface area contributed by atoms with Gasteiger partial charge in [0.1, 0.15) is 0 Å². The monoisotopic (exact) mass is 353 g/mol. The fourth-order valence-electron chi connectivity index (χ4n) is 2.68. The van der Waals surface area contributed by atoms with Crippen molar-refractivity contribution in [3.63, 3.8) is 0 Å². The number of hydrogen-bond donors (Lipinski definition) is 1. The summed E-state index contributed by atoms with van der Waals surface area (Å²) < 4.78 is 5.03. The summed E-state index contributed by atoms with van der Waals surface area (Å²) >= 11 is 3.66. The van der Waals surface area contributed by atoms with Crippen LogP contribution in [0.15, 0.2) is 16.9 Å². The molecule has 21 heavy (non-hydrogen) atoms. The van der Waals surface area contributed by atoms with Crippen molar-refractivity contribution in [2.45, 2.75) is 46.2 Å². The molecule has 0 amide bonds. The minimum atomic E-state index is 0.113. The molecule has 2 rings (SSSR count). The lowest BCUT2D eigenvalue weighted by Gasteiger charge is -2.20. The Balaban J connectivity index is 2.50. The first-order valence-electron chi connectivity index (χ1n) is 7.59. The minimum Gasteiger partial charge on any atom is -0.305 e. The van der Waals surface area contributed by atoms with E-state index in [1.165, 1.54) is 11.3 Å². The molecular formula is C15H24BrN5. The van der Waals surface area contributed by atoms with E-state index in [0.29, 0.717) is 0 Å². The van der Waals surface area contributed by atoms with Gasteiger partial charge in [0.05, 0.1) is 28.1 Å². The van der Waals surface area contributed by atoms with Gasteiger partial charge in [0.25, 0.3) is 0 Å². The van der Waals surface area contributed by atoms with E-state index in [9.17, 15) is 0 Å². The standard InChI is InChI=1S/C15H24BrN5/c1-5-8-21-15(12(16)9-18-21)14(17-7-3)11-10-20(4)19-13(11)6-2/h9-10,14,17H,5-8H2,1-4H3. The van der Waals surface area contributed by atoms with Gasteiger partial charge in [-0.05, 0) is 35.3 Å². The fourth-order valence-corrected chi connectivity index (χ4v) is 3.20. The lowest BCUT2D eigenvalue weighted by Crippen LogP contribution is -2.26. The third-order valence-corrected chi connectivity index (χ3v) is 4.14. The molecule has 0 saturated heterocycles. The van der Waals surface area contributed by atoms with E-state index in [1.807, 2.05) is 17.9 Å². The van der Waals surface area contributed by atoms with E-state index in [4.69, 9.17) is 0 Å². The van der Waals surface area contributed by atoms with Gasteiger partial charge in [0.2, 0.25) is 0 Å². The quantitative estimate of drug-likeness (QED) is 0.831. The van der Waals surface area contributed by atoms with Crippen LogP contribution in [-0.2, 0) is 20.0 Å². The van der Waals surface area contributed by atoms with Crippen molar-refractivity contribution in [2.75, 3.05) is 6.54 Å². The summed E-state index contributed by atoms with van der Waals surface area (Å²) in [6.07, 6.45) is 5.99. The lowest BCUT2D eigenvalue weighted by atomic mass is 10.0. The van der Waals surface area contributed by atoms with Crippen molar-refractivity contribution in [2.24, 2.45) is 7.05 Å². The summed E-state index contributed by atoms with van der Waals surface area (Å²) in [7, 11) is 1.98. The average molecular weight is 354 g/mol. The second-order valence-electron chi connectivity index (χ2n) is 5.15. The zero-order valence-electron chi connectivity index (χ0n) is 13.2. The van der Waals surface area contributed by atoms with E-state index < -0.39 is 0 Å². The van der Waals surface area contributed by atoms with Gasteiger partial charge < -0.3 is 5.32 Å². The van der Waals surface area contributed by atoms with Crippen LogP contribution in [0.5, 0.6) is 0 Å². The molecule has 6 heteroatoms. The zero-order chi connectivity index (χ0) is 15.4. The molecule has 2 aromatic heterocycles. The molecule has 0 saturated carbocycles. The van der Waals surface area contributed by atoms with Crippen LogP contribution >= 0.6 is 15.9 Å². The Morgan fingerprint density at radius 3 is 2.71 bits per heavy atom. The van der Waals surface area contributed by atoms with Crippen LogP contribution in [0.2, 0.25) is 0 Å². The number of aryl methyl sites for hydroxylation is 3. The summed E-state index contributed by atoms with van der Waals surface area (Å²) in [4.78, 5) is 0. The summed E-state index contributed by atoms with van der Waals surface area (Å²) in [6, 6.07) is 0.113. The first-order valence-corrected chi connectivity index (χ1v) is 8.38. The van der Waals surface area contributed by atoms with Crippen molar-refractivity contribution in [3.8, 4) is 0 Å². The fraction of sp³-hybridized carbons (Fsp3) is 0.600. The summed E-state index contributed by atoms with van der Waals surface area (Å²) in [5.74, 6) is 0. The van der Waals surface area contributed by atoms with Crippen molar-refractivity contribution >= 4 is 15.9 Å². The number of nitrogens with one attached hydrogen (secondary N) is 1. The highest BCUT2D eigenvalue weighted by atomic mass is 79.9. The van der Waals surface area contributed by atoms with Crippen LogP contribution in [0.1, 0.15) is 50.2 Å². The van der Waals surface area contributed by atoms with Crippen LogP contribution in [0.4, 0.5) is 0 Å². The molecule has 0 radical (unpaired) electrons. The Kier molecular flexibility index (Phi) is 5.58. The van der Waals surface area contributed by atoms with Crippen molar-refractivity contribution < 1.29 is 0 Å². The molecule has 2 aromatic rings. The Hall–Kier alpha value is -1.14.